The smallest absolute Gasteiger partial charge is 0.336 e. The molecule has 24 heavy (non-hydrogen) atoms. The van der Waals surface area contributed by atoms with Crippen LogP contribution in [0.5, 0.6) is 0 Å². The van der Waals surface area contributed by atoms with Gasteiger partial charge in [-0.15, -0.1) is 10.2 Å². The van der Waals surface area contributed by atoms with Crippen LogP contribution in [0.3, 0.4) is 0 Å². The lowest BCUT2D eigenvalue weighted by Crippen LogP contribution is -2.08. The molecule has 0 radical (unpaired) electrons. The Morgan fingerprint density at radius 1 is 1.12 bits per heavy atom. The summed E-state index contributed by atoms with van der Waals surface area (Å²) in [6.45, 7) is 5.89. The highest BCUT2D eigenvalue weighted by Gasteiger charge is 2.18. The summed E-state index contributed by atoms with van der Waals surface area (Å²) in [5.74, 6) is 0.0471. The van der Waals surface area contributed by atoms with Crippen molar-refractivity contribution in [3.05, 3.63) is 65.7 Å². The first-order valence-corrected chi connectivity index (χ1v) is 7.82. The third-order valence-corrected chi connectivity index (χ3v) is 4.07. The summed E-state index contributed by atoms with van der Waals surface area (Å²) in [6.07, 6.45) is 1.64. The van der Waals surface area contributed by atoms with E-state index < -0.39 is 5.97 Å². The van der Waals surface area contributed by atoms with E-state index in [1.54, 1.807) is 12.4 Å². The van der Waals surface area contributed by atoms with Crippen molar-refractivity contribution in [3.63, 3.8) is 0 Å². The van der Waals surface area contributed by atoms with Gasteiger partial charge in [-0.1, -0.05) is 44.2 Å². The average molecular weight is 321 g/mol. The van der Waals surface area contributed by atoms with Gasteiger partial charge in [-0.25, -0.2) is 4.79 Å². The van der Waals surface area contributed by atoms with E-state index >= 15 is 0 Å². The molecular formula is C19H19N3O2. The Morgan fingerprint density at radius 2 is 1.83 bits per heavy atom. The van der Waals surface area contributed by atoms with Crippen molar-refractivity contribution in [2.24, 2.45) is 0 Å². The molecule has 1 aromatic heterocycles. The summed E-state index contributed by atoms with van der Waals surface area (Å²) in [7, 11) is 0. The number of hydrogen-bond donors (Lipinski definition) is 1. The molecule has 0 amide bonds. The van der Waals surface area contributed by atoms with Crippen LogP contribution in [0.4, 0.5) is 0 Å². The van der Waals surface area contributed by atoms with Gasteiger partial charge in [-0.2, -0.15) is 0 Å². The second kappa shape index (κ2) is 6.28. The number of hydrogen-bond acceptors (Lipinski definition) is 3. The quantitative estimate of drug-likeness (QED) is 0.786. The van der Waals surface area contributed by atoms with Crippen molar-refractivity contribution in [2.75, 3.05) is 0 Å². The number of carbonyl (C=O) groups is 1. The molecule has 0 bridgehead atoms. The van der Waals surface area contributed by atoms with E-state index in [1.165, 1.54) is 0 Å². The highest BCUT2D eigenvalue weighted by Crippen LogP contribution is 2.29. The molecule has 5 nitrogen and oxygen atoms in total. The summed E-state index contributed by atoms with van der Waals surface area (Å²) in [5.41, 5.74) is 3.61. The fourth-order valence-electron chi connectivity index (χ4n) is 2.79. The van der Waals surface area contributed by atoms with Crippen LogP contribution in [0.2, 0.25) is 0 Å². The molecule has 0 unspecified atom stereocenters. The van der Waals surface area contributed by atoms with Gasteiger partial charge in [0.1, 0.15) is 12.2 Å². The van der Waals surface area contributed by atoms with Crippen molar-refractivity contribution >= 4 is 5.97 Å². The second-order valence-corrected chi connectivity index (χ2v) is 6.05. The molecule has 0 fully saturated rings. The second-order valence-electron chi connectivity index (χ2n) is 6.05. The Morgan fingerprint density at radius 3 is 2.46 bits per heavy atom. The Kier molecular flexibility index (Phi) is 4.16. The lowest BCUT2D eigenvalue weighted by atomic mass is 9.97. The van der Waals surface area contributed by atoms with Crippen LogP contribution in [-0.2, 0) is 0 Å². The zero-order chi connectivity index (χ0) is 17.3. The van der Waals surface area contributed by atoms with Crippen LogP contribution in [0, 0.1) is 6.92 Å². The molecule has 0 atom stereocenters. The number of aromatic carboxylic acids is 1. The first-order chi connectivity index (χ1) is 11.5. The fraction of sp³-hybridized carbons (Fsp3) is 0.211. The summed E-state index contributed by atoms with van der Waals surface area (Å²) in [4.78, 5) is 11.7. The number of rotatable bonds is 4. The van der Waals surface area contributed by atoms with Gasteiger partial charge in [0.15, 0.2) is 0 Å². The number of benzene rings is 2. The van der Waals surface area contributed by atoms with Gasteiger partial charge < -0.3 is 5.11 Å². The molecule has 3 aromatic rings. The fourth-order valence-corrected chi connectivity index (χ4v) is 2.79. The Labute approximate surface area is 140 Å². The average Bonchev–Trinajstić information content (AvgIpc) is 3.05. The minimum absolute atomic E-state index is 0.181. The van der Waals surface area contributed by atoms with E-state index in [2.05, 4.69) is 10.2 Å². The van der Waals surface area contributed by atoms with E-state index in [4.69, 9.17) is 0 Å². The molecule has 2 aromatic carbocycles. The molecule has 122 valence electrons. The predicted molar refractivity (Wildman–Crippen MR) is 92.6 cm³/mol. The predicted octanol–water partition coefficient (Wildman–Crippen LogP) is 4.06. The Hall–Kier alpha value is -2.95. The van der Waals surface area contributed by atoms with Crippen molar-refractivity contribution in [1.82, 2.24) is 14.8 Å². The van der Waals surface area contributed by atoms with Crippen LogP contribution < -0.4 is 0 Å². The zero-order valence-corrected chi connectivity index (χ0v) is 13.9. The van der Waals surface area contributed by atoms with Crippen molar-refractivity contribution in [2.45, 2.75) is 26.7 Å². The first kappa shape index (κ1) is 15.9. The summed E-state index contributed by atoms with van der Waals surface area (Å²) >= 11 is 0. The Bertz CT molecular complexity index is 883. The molecule has 0 saturated heterocycles. The topological polar surface area (TPSA) is 68.0 Å². The summed E-state index contributed by atoms with van der Waals surface area (Å²) < 4.78 is 1.87. The summed E-state index contributed by atoms with van der Waals surface area (Å²) in [6, 6.07) is 13.5. The van der Waals surface area contributed by atoms with E-state index in [0.717, 1.165) is 22.6 Å². The van der Waals surface area contributed by atoms with Crippen LogP contribution >= 0.6 is 0 Å². The molecule has 1 N–H and O–H groups in total. The minimum atomic E-state index is -0.939. The lowest BCUT2D eigenvalue weighted by molar-refractivity contribution is 0.0696. The van der Waals surface area contributed by atoms with Gasteiger partial charge in [-0.05, 0) is 35.7 Å². The normalized spacial score (nSPS) is 11.0. The largest absolute Gasteiger partial charge is 0.478 e. The molecule has 0 aliphatic rings. The molecule has 0 aliphatic heterocycles. The molecule has 0 spiro atoms. The maximum absolute atomic E-state index is 11.7. The van der Waals surface area contributed by atoms with Crippen LogP contribution in [-0.4, -0.2) is 25.8 Å². The van der Waals surface area contributed by atoms with E-state index in [-0.39, 0.29) is 11.5 Å². The zero-order valence-electron chi connectivity index (χ0n) is 13.9. The first-order valence-electron chi connectivity index (χ1n) is 7.82. The maximum Gasteiger partial charge on any atom is 0.336 e. The van der Waals surface area contributed by atoms with Crippen LogP contribution in [0.15, 0.2) is 48.8 Å². The van der Waals surface area contributed by atoms with Gasteiger partial charge in [0.05, 0.1) is 11.3 Å². The van der Waals surface area contributed by atoms with Crippen molar-refractivity contribution in [1.29, 1.82) is 0 Å². The summed E-state index contributed by atoms with van der Waals surface area (Å²) in [5, 5.41) is 17.8. The molecule has 1 heterocycles. The molecule has 3 rings (SSSR count). The monoisotopic (exact) mass is 321 g/mol. The molecular weight excluding hydrogens is 302 g/mol. The Balaban J connectivity index is 2.27. The van der Waals surface area contributed by atoms with Crippen molar-refractivity contribution in [3.8, 4) is 16.8 Å². The van der Waals surface area contributed by atoms with E-state index in [1.807, 2.05) is 61.7 Å². The van der Waals surface area contributed by atoms with Gasteiger partial charge in [0, 0.05) is 5.92 Å². The lowest BCUT2D eigenvalue weighted by Gasteiger charge is -2.16. The molecule has 5 heteroatoms. The highest BCUT2D eigenvalue weighted by molar-refractivity contribution is 5.92. The molecule has 0 aliphatic carbocycles. The molecule has 0 saturated carbocycles. The highest BCUT2D eigenvalue weighted by atomic mass is 16.4. The van der Waals surface area contributed by atoms with Crippen LogP contribution in [0.1, 0.15) is 41.5 Å². The standard InChI is InChI=1S/C19H19N3O2/c1-12(2)18-21-20-11-22(18)17-10-15(14-7-5-4-6-8-14)9-16(13(17)3)19(23)24/h4-12H,1-3H3,(H,23,24). The third-order valence-electron chi connectivity index (χ3n) is 4.07. The van der Waals surface area contributed by atoms with Crippen molar-refractivity contribution < 1.29 is 9.90 Å². The SMILES string of the molecule is Cc1c(C(=O)O)cc(-c2ccccc2)cc1-n1cnnc1C(C)C. The number of carboxylic acids is 1. The maximum atomic E-state index is 11.7. The number of aromatic nitrogens is 3. The van der Waals surface area contributed by atoms with Gasteiger partial charge in [0.2, 0.25) is 0 Å². The minimum Gasteiger partial charge on any atom is -0.478 e. The number of carboxylic acid groups (broad SMARTS) is 1. The van der Waals surface area contributed by atoms with Crippen LogP contribution in [0.25, 0.3) is 16.8 Å². The van der Waals surface area contributed by atoms with E-state index in [9.17, 15) is 9.90 Å². The third kappa shape index (κ3) is 2.80. The number of nitrogens with zero attached hydrogens (tertiary/aromatic N) is 3. The van der Waals surface area contributed by atoms with Gasteiger partial charge >= 0.3 is 5.97 Å². The van der Waals surface area contributed by atoms with Gasteiger partial charge in [0.25, 0.3) is 0 Å². The van der Waals surface area contributed by atoms with Gasteiger partial charge in [-0.3, -0.25) is 4.57 Å². The van der Waals surface area contributed by atoms with E-state index in [0.29, 0.717) is 5.56 Å².